The van der Waals surface area contributed by atoms with Gasteiger partial charge >= 0.3 is 0 Å². The van der Waals surface area contributed by atoms with Crippen LogP contribution in [0.25, 0.3) is 11.0 Å². The Morgan fingerprint density at radius 3 is 2.38 bits per heavy atom. The lowest BCUT2D eigenvalue weighted by Crippen LogP contribution is -2.45. The standard InChI is InChI=1S/C33H34N2O5/c1-23-10-13-26(14-11-23)33(38)35(20-28-9-6-16-39-28)21-31(36)34(18-25-7-4-3-5-8-25)19-27-22-40-30-15-12-24(2)17-29(30)32(27)37/h3-5,7-8,10-15,17,22,28H,6,9,16,18-21H2,1-2H3. The van der Waals surface area contributed by atoms with Crippen molar-refractivity contribution in [3.8, 4) is 0 Å². The minimum Gasteiger partial charge on any atom is -0.464 e. The summed E-state index contributed by atoms with van der Waals surface area (Å²) in [5, 5.41) is 0.485. The van der Waals surface area contributed by atoms with Crippen molar-refractivity contribution in [3.05, 3.63) is 117 Å². The molecular formula is C33H34N2O5. The van der Waals surface area contributed by atoms with E-state index >= 15 is 0 Å². The second-order valence-corrected chi connectivity index (χ2v) is 10.5. The lowest BCUT2D eigenvalue weighted by molar-refractivity contribution is -0.133. The van der Waals surface area contributed by atoms with Gasteiger partial charge in [0.15, 0.2) is 5.43 Å². The van der Waals surface area contributed by atoms with Gasteiger partial charge in [0.05, 0.1) is 29.9 Å². The van der Waals surface area contributed by atoms with Crippen LogP contribution in [-0.4, -0.2) is 47.4 Å². The summed E-state index contributed by atoms with van der Waals surface area (Å²) in [7, 11) is 0. The maximum absolute atomic E-state index is 13.9. The van der Waals surface area contributed by atoms with Gasteiger partial charge in [-0.2, -0.15) is 0 Å². The molecule has 1 atom stereocenters. The van der Waals surface area contributed by atoms with E-state index in [0.717, 1.165) is 29.5 Å². The van der Waals surface area contributed by atoms with Gasteiger partial charge in [-0.05, 0) is 56.5 Å². The topological polar surface area (TPSA) is 80.1 Å². The van der Waals surface area contributed by atoms with Gasteiger partial charge in [-0.15, -0.1) is 0 Å². The van der Waals surface area contributed by atoms with E-state index in [9.17, 15) is 14.4 Å². The van der Waals surface area contributed by atoms with Crippen molar-refractivity contribution < 1.29 is 18.7 Å². The zero-order valence-corrected chi connectivity index (χ0v) is 23.0. The fourth-order valence-electron chi connectivity index (χ4n) is 5.03. The minimum atomic E-state index is -0.258. The highest BCUT2D eigenvalue weighted by molar-refractivity contribution is 5.96. The molecule has 206 valence electrons. The molecule has 4 aromatic rings. The highest BCUT2D eigenvalue weighted by Gasteiger charge is 2.27. The fraction of sp³-hybridized carbons (Fsp3) is 0.303. The van der Waals surface area contributed by atoms with Crippen molar-refractivity contribution in [2.75, 3.05) is 19.7 Å². The molecule has 40 heavy (non-hydrogen) atoms. The summed E-state index contributed by atoms with van der Waals surface area (Å²) in [6, 6.07) is 22.4. The van der Waals surface area contributed by atoms with Crippen LogP contribution in [0.5, 0.6) is 0 Å². The van der Waals surface area contributed by atoms with E-state index < -0.39 is 0 Å². The first-order chi connectivity index (χ1) is 19.4. The Morgan fingerprint density at radius 2 is 1.65 bits per heavy atom. The van der Waals surface area contributed by atoms with Crippen LogP contribution in [-0.2, 0) is 22.6 Å². The molecule has 1 aliphatic rings. The first-order valence-corrected chi connectivity index (χ1v) is 13.7. The van der Waals surface area contributed by atoms with Gasteiger partial charge < -0.3 is 19.0 Å². The zero-order valence-electron chi connectivity index (χ0n) is 23.0. The summed E-state index contributed by atoms with van der Waals surface area (Å²) in [6.45, 7) is 5.09. The lowest BCUT2D eigenvalue weighted by atomic mass is 10.1. The van der Waals surface area contributed by atoms with Crippen LogP contribution in [0.2, 0.25) is 0 Å². The number of aryl methyl sites for hydroxylation is 2. The second-order valence-electron chi connectivity index (χ2n) is 10.5. The first kappa shape index (κ1) is 27.3. The SMILES string of the molecule is Cc1ccc(C(=O)N(CC(=O)N(Cc2ccccc2)Cc2coc3ccc(C)cc3c2=O)CC2CCCO2)cc1. The molecule has 1 unspecified atom stereocenters. The van der Waals surface area contributed by atoms with Gasteiger partial charge in [-0.3, -0.25) is 14.4 Å². The molecule has 0 bridgehead atoms. The normalized spacial score (nSPS) is 14.8. The predicted molar refractivity (Wildman–Crippen MR) is 154 cm³/mol. The summed E-state index contributed by atoms with van der Waals surface area (Å²) in [5.74, 6) is -0.477. The summed E-state index contributed by atoms with van der Waals surface area (Å²) in [5.41, 5.74) is 4.18. The number of hydrogen-bond donors (Lipinski definition) is 0. The van der Waals surface area contributed by atoms with Crippen molar-refractivity contribution in [2.45, 2.75) is 45.9 Å². The Hall–Kier alpha value is -4.23. The van der Waals surface area contributed by atoms with E-state index in [1.165, 1.54) is 6.26 Å². The smallest absolute Gasteiger partial charge is 0.254 e. The number of carbonyl (C=O) groups is 2. The molecule has 0 aliphatic carbocycles. The number of carbonyl (C=O) groups excluding carboxylic acids is 2. The average molecular weight is 539 g/mol. The van der Waals surface area contributed by atoms with Crippen LogP contribution in [0.4, 0.5) is 0 Å². The molecule has 7 heteroatoms. The monoisotopic (exact) mass is 538 g/mol. The zero-order chi connectivity index (χ0) is 28.1. The molecule has 0 N–H and O–H groups in total. The Labute approximate surface area is 234 Å². The number of fused-ring (bicyclic) bond motifs is 1. The van der Waals surface area contributed by atoms with Crippen LogP contribution >= 0.6 is 0 Å². The van der Waals surface area contributed by atoms with Gasteiger partial charge in [0, 0.05) is 25.3 Å². The van der Waals surface area contributed by atoms with Crippen molar-refractivity contribution >= 4 is 22.8 Å². The second kappa shape index (κ2) is 12.3. The van der Waals surface area contributed by atoms with Crippen LogP contribution in [0.15, 0.2) is 88.3 Å². The largest absolute Gasteiger partial charge is 0.464 e. The van der Waals surface area contributed by atoms with E-state index in [0.29, 0.717) is 35.2 Å². The van der Waals surface area contributed by atoms with Crippen molar-refractivity contribution in [3.63, 3.8) is 0 Å². The third-order valence-electron chi connectivity index (χ3n) is 7.29. The highest BCUT2D eigenvalue weighted by Crippen LogP contribution is 2.18. The van der Waals surface area contributed by atoms with Crippen molar-refractivity contribution in [1.29, 1.82) is 0 Å². The molecular weight excluding hydrogens is 504 g/mol. The molecule has 2 amide bonds. The molecule has 1 saturated heterocycles. The highest BCUT2D eigenvalue weighted by atomic mass is 16.5. The molecule has 3 aromatic carbocycles. The number of rotatable bonds is 9. The number of benzene rings is 3. The van der Waals surface area contributed by atoms with Crippen molar-refractivity contribution in [2.24, 2.45) is 0 Å². The van der Waals surface area contributed by atoms with E-state index in [1.54, 1.807) is 34.1 Å². The number of nitrogens with zero attached hydrogens (tertiary/aromatic N) is 2. The molecule has 7 nitrogen and oxygen atoms in total. The number of ether oxygens (including phenoxy) is 1. The maximum atomic E-state index is 13.9. The predicted octanol–water partition coefficient (Wildman–Crippen LogP) is 5.26. The van der Waals surface area contributed by atoms with Crippen LogP contribution in [0.3, 0.4) is 0 Å². The van der Waals surface area contributed by atoms with Crippen LogP contribution < -0.4 is 5.43 Å². The van der Waals surface area contributed by atoms with E-state index in [-0.39, 0.29) is 43.0 Å². The third kappa shape index (κ3) is 6.49. The quantitative estimate of drug-likeness (QED) is 0.290. The molecule has 0 saturated carbocycles. The first-order valence-electron chi connectivity index (χ1n) is 13.7. The van der Waals surface area contributed by atoms with E-state index in [1.807, 2.05) is 62.4 Å². The molecule has 1 aliphatic heterocycles. The Morgan fingerprint density at radius 1 is 0.900 bits per heavy atom. The van der Waals surface area contributed by atoms with Crippen LogP contribution in [0, 0.1) is 13.8 Å². The third-order valence-corrected chi connectivity index (χ3v) is 7.29. The summed E-state index contributed by atoms with van der Waals surface area (Å²) < 4.78 is 11.6. The molecule has 5 rings (SSSR count). The number of amides is 2. The lowest BCUT2D eigenvalue weighted by Gasteiger charge is -2.29. The number of hydrogen-bond acceptors (Lipinski definition) is 5. The minimum absolute atomic E-state index is 0.0619. The summed E-state index contributed by atoms with van der Waals surface area (Å²) >= 11 is 0. The molecule has 0 radical (unpaired) electrons. The van der Waals surface area contributed by atoms with Gasteiger partial charge in [-0.1, -0.05) is 59.7 Å². The van der Waals surface area contributed by atoms with E-state index in [4.69, 9.17) is 9.15 Å². The van der Waals surface area contributed by atoms with E-state index in [2.05, 4.69) is 0 Å². The Kier molecular flexibility index (Phi) is 8.41. The Balaban J connectivity index is 1.44. The fourth-order valence-corrected chi connectivity index (χ4v) is 5.03. The summed E-state index contributed by atoms with van der Waals surface area (Å²) in [4.78, 5) is 44.1. The van der Waals surface area contributed by atoms with Gasteiger partial charge in [0.25, 0.3) is 5.91 Å². The molecule has 1 aromatic heterocycles. The van der Waals surface area contributed by atoms with Gasteiger partial charge in [0.1, 0.15) is 12.1 Å². The molecule has 1 fully saturated rings. The Bertz CT molecular complexity index is 1540. The molecule has 0 spiro atoms. The molecule has 2 heterocycles. The maximum Gasteiger partial charge on any atom is 0.254 e. The summed E-state index contributed by atoms with van der Waals surface area (Å²) in [6.07, 6.45) is 3.10. The van der Waals surface area contributed by atoms with Crippen LogP contribution in [0.1, 0.15) is 45.5 Å². The van der Waals surface area contributed by atoms with Gasteiger partial charge in [-0.25, -0.2) is 0 Å². The van der Waals surface area contributed by atoms with Crippen molar-refractivity contribution in [1.82, 2.24) is 9.80 Å². The van der Waals surface area contributed by atoms with Gasteiger partial charge in [0.2, 0.25) is 5.91 Å². The average Bonchev–Trinajstić information content (AvgIpc) is 3.48.